The highest BCUT2D eigenvalue weighted by Gasteiger charge is 2.32. The maximum absolute atomic E-state index is 11.2. The van der Waals surface area contributed by atoms with E-state index in [9.17, 15) is 9.90 Å². The number of piperidine rings is 1. The van der Waals surface area contributed by atoms with Crippen LogP contribution in [0.3, 0.4) is 0 Å². The second-order valence-corrected chi connectivity index (χ2v) is 7.23. The number of hydrogen-bond acceptors (Lipinski definition) is 3. The highest BCUT2D eigenvalue weighted by Crippen LogP contribution is 2.34. The summed E-state index contributed by atoms with van der Waals surface area (Å²) in [6, 6.07) is 2.10. The smallest absolute Gasteiger partial charge is 0.308 e. The van der Waals surface area contributed by atoms with E-state index in [1.165, 1.54) is 4.88 Å². The molecule has 0 unspecified atom stereocenters. The predicted octanol–water partition coefficient (Wildman–Crippen LogP) is 3.85. The monoisotopic (exact) mass is 351 g/mol. The first-order chi connectivity index (χ1) is 8.49. The topological polar surface area (TPSA) is 40.5 Å². The molecule has 0 aliphatic carbocycles. The van der Waals surface area contributed by atoms with E-state index in [2.05, 4.69) is 20.8 Å². The van der Waals surface area contributed by atoms with Crippen LogP contribution < -0.4 is 0 Å². The molecule has 0 saturated carbocycles. The minimum Gasteiger partial charge on any atom is -0.481 e. The van der Waals surface area contributed by atoms with Gasteiger partial charge in [-0.3, -0.25) is 9.69 Å². The zero-order valence-corrected chi connectivity index (χ0v) is 13.2. The van der Waals surface area contributed by atoms with Gasteiger partial charge < -0.3 is 5.11 Å². The third-order valence-electron chi connectivity index (χ3n) is 3.49. The number of carboxylic acid groups (broad SMARTS) is 1. The van der Waals surface area contributed by atoms with Gasteiger partial charge in [0.15, 0.2) is 0 Å². The van der Waals surface area contributed by atoms with Gasteiger partial charge in [-0.05, 0) is 48.3 Å². The molecule has 0 amide bonds. The Morgan fingerprint density at radius 3 is 3.00 bits per heavy atom. The van der Waals surface area contributed by atoms with Gasteiger partial charge in [-0.2, -0.15) is 0 Å². The van der Waals surface area contributed by atoms with Gasteiger partial charge in [-0.25, -0.2) is 0 Å². The van der Waals surface area contributed by atoms with Gasteiger partial charge in [0.05, 0.1) is 5.92 Å². The number of carboxylic acids is 1. The number of thiophene rings is 1. The fourth-order valence-electron chi connectivity index (χ4n) is 2.44. The number of aliphatic carboxylic acids is 1. The average Bonchev–Trinajstić information content (AvgIpc) is 2.60. The highest BCUT2D eigenvalue weighted by atomic mass is 79.9. The predicted molar refractivity (Wildman–Crippen MR) is 77.3 cm³/mol. The summed E-state index contributed by atoms with van der Waals surface area (Å²) in [5, 5.41) is 9.19. The second kappa shape index (κ2) is 5.90. The molecule has 1 N–H and O–H groups in total. The third-order valence-corrected chi connectivity index (χ3v) is 5.95. The lowest BCUT2D eigenvalue weighted by molar-refractivity contribution is -0.145. The van der Waals surface area contributed by atoms with E-state index in [-0.39, 0.29) is 12.0 Å². The van der Waals surface area contributed by atoms with Crippen LogP contribution in [0.2, 0.25) is 4.34 Å². The zero-order valence-electron chi connectivity index (χ0n) is 10.0. The normalized spacial score (nSPS) is 25.3. The largest absolute Gasteiger partial charge is 0.481 e. The van der Waals surface area contributed by atoms with Gasteiger partial charge in [0.25, 0.3) is 0 Å². The van der Waals surface area contributed by atoms with E-state index in [1.807, 2.05) is 13.0 Å². The van der Waals surface area contributed by atoms with Gasteiger partial charge in [0, 0.05) is 21.9 Å². The van der Waals surface area contributed by atoms with E-state index in [1.54, 1.807) is 11.3 Å². The second-order valence-electron chi connectivity index (χ2n) is 4.63. The minimum absolute atomic E-state index is 0.0795. The van der Waals surface area contributed by atoms with Crippen LogP contribution in [0.25, 0.3) is 0 Å². The van der Waals surface area contributed by atoms with E-state index < -0.39 is 5.97 Å². The molecule has 0 aromatic carbocycles. The number of likely N-dealkylation sites (tertiary alicyclic amines) is 1. The first-order valence-corrected chi connectivity index (χ1v) is 7.88. The van der Waals surface area contributed by atoms with Gasteiger partial charge in [0.1, 0.15) is 4.34 Å². The van der Waals surface area contributed by atoms with Crippen molar-refractivity contribution in [3.63, 3.8) is 0 Å². The lowest BCUT2D eigenvalue weighted by Crippen LogP contribution is -2.45. The summed E-state index contributed by atoms with van der Waals surface area (Å²) in [5.41, 5.74) is 0. The van der Waals surface area contributed by atoms with Gasteiger partial charge >= 0.3 is 5.97 Å². The molecule has 6 heteroatoms. The summed E-state index contributed by atoms with van der Waals surface area (Å²) < 4.78 is 1.67. The Morgan fingerprint density at radius 2 is 2.44 bits per heavy atom. The molecule has 1 aliphatic heterocycles. The molecule has 3 nitrogen and oxygen atoms in total. The lowest BCUT2D eigenvalue weighted by Gasteiger charge is -2.37. The summed E-state index contributed by atoms with van der Waals surface area (Å²) in [7, 11) is 0. The molecule has 1 aromatic rings. The molecule has 1 saturated heterocycles. The molecule has 100 valence electrons. The Hall–Kier alpha value is -0.100. The van der Waals surface area contributed by atoms with E-state index in [0.717, 1.165) is 34.7 Å². The number of halogens is 2. The SMILES string of the molecule is C[C@@H]1[C@H](C(=O)O)CCCN1Cc1cc(Br)c(Cl)s1. The van der Waals surface area contributed by atoms with Crippen LogP contribution in [0, 0.1) is 5.92 Å². The molecule has 1 aliphatic rings. The Bertz CT molecular complexity index is 432. The first-order valence-electron chi connectivity index (χ1n) is 5.89. The summed E-state index contributed by atoms with van der Waals surface area (Å²) in [6.07, 6.45) is 1.73. The van der Waals surface area contributed by atoms with Crippen LogP contribution in [-0.4, -0.2) is 28.6 Å². The van der Waals surface area contributed by atoms with Crippen molar-refractivity contribution in [2.45, 2.75) is 32.4 Å². The molecular weight excluding hydrogens is 338 g/mol. The molecule has 2 heterocycles. The number of carbonyl (C=O) groups is 1. The molecule has 1 aromatic heterocycles. The summed E-state index contributed by atoms with van der Waals surface area (Å²) in [5.74, 6) is -0.935. The number of rotatable bonds is 3. The molecule has 1 fully saturated rings. The minimum atomic E-state index is -0.683. The van der Waals surface area contributed by atoms with Crippen LogP contribution in [0.1, 0.15) is 24.6 Å². The van der Waals surface area contributed by atoms with Crippen molar-refractivity contribution in [1.82, 2.24) is 4.90 Å². The Kier molecular flexibility index (Phi) is 4.69. The maximum Gasteiger partial charge on any atom is 0.308 e. The summed E-state index contributed by atoms with van der Waals surface area (Å²) >= 11 is 11.0. The van der Waals surface area contributed by atoms with Gasteiger partial charge in [-0.15, -0.1) is 11.3 Å². The van der Waals surface area contributed by atoms with Crippen molar-refractivity contribution in [1.29, 1.82) is 0 Å². The number of hydrogen-bond donors (Lipinski definition) is 1. The molecule has 18 heavy (non-hydrogen) atoms. The highest BCUT2D eigenvalue weighted by molar-refractivity contribution is 9.10. The third kappa shape index (κ3) is 3.07. The van der Waals surface area contributed by atoms with E-state index in [4.69, 9.17) is 11.6 Å². The van der Waals surface area contributed by atoms with Crippen molar-refractivity contribution in [2.24, 2.45) is 5.92 Å². The van der Waals surface area contributed by atoms with Gasteiger partial charge in [-0.1, -0.05) is 11.6 Å². The van der Waals surface area contributed by atoms with Crippen LogP contribution in [0.15, 0.2) is 10.5 Å². The van der Waals surface area contributed by atoms with E-state index >= 15 is 0 Å². The van der Waals surface area contributed by atoms with Gasteiger partial charge in [0.2, 0.25) is 0 Å². The van der Waals surface area contributed by atoms with Crippen LogP contribution in [0.5, 0.6) is 0 Å². The van der Waals surface area contributed by atoms with Crippen molar-refractivity contribution in [3.8, 4) is 0 Å². The van der Waals surface area contributed by atoms with Crippen LogP contribution >= 0.6 is 38.9 Å². The van der Waals surface area contributed by atoms with Crippen molar-refractivity contribution >= 4 is 44.8 Å². The van der Waals surface area contributed by atoms with Crippen LogP contribution in [0.4, 0.5) is 0 Å². The number of nitrogens with zero attached hydrogens (tertiary/aromatic N) is 1. The summed E-state index contributed by atoms with van der Waals surface area (Å²) in [4.78, 5) is 14.6. The summed E-state index contributed by atoms with van der Waals surface area (Å²) in [6.45, 7) is 3.74. The molecular formula is C12H15BrClNO2S. The fourth-order valence-corrected chi connectivity index (χ4v) is 4.25. The molecule has 2 atom stereocenters. The molecule has 0 bridgehead atoms. The molecule has 2 rings (SSSR count). The van der Waals surface area contributed by atoms with Crippen molar-refractivity contribution in [2.75, 3.05) is 6.54 Å². The molecule has 0 spiro atoms. The quantitative estimate of drug-likeness (QED) is 0.898. The average molecular weight is 353 g/mol. The standard InChI is InChI=1S/C12H15BrClNO2S/c1-7-9(12(16)17)3-2-4-15(7)6-8-5-10(13)11(14)18-8/h5,7,9H,2-4,6H2,1H3,(H,16,17)/t7-,9-/m1/s1. The lowest BCUT2D eigenvalue weighted by atomic mass is 9.90. The Balaban J connectivity index is 2.06. The maximum atomic E-state index is 11.2. The zero-order chi connectivity index (χ0) is 13.3. The Morgan fingerprint density at radius 1 is 1.72 bits per heavy atom. The van der Waals surface area contributed by atoms with Crippen molar-refractivity contribution in [3.05, 3.63) is 19.8 Å². The Labute approximate surface area is 124 Å². The van der Waals surface area contributed by atoms with E-state index in [0.29, 0.717) is 0 Å². The first kappa shape index (κ1) is 14.3. The van der Waals surface area contributed by atoms with Crippen LogP contribution in [-0.2, 0) is 11.3 Å². The fraction of sp³-hybridized carbons (Fsp3) is 0.583. The van der Waals surface area contributed by atoms with Crippen molar-refractivity contribution < 1.29 is 9.90 Å². The molecule has 0 radical (unpaired) electrons.